The second kappa shape index (κ2) is 15.8. The van der Waals surface area contributed by atoms with Crippen molar-refractivity contribution in [2.24, 2.45) is 0 Å². The van der Waals surface area contributed by atoms with Gasteiger partial charge in [0.05, 0.1) is 0 Å². The van der Waals surface area contributed by atoms with E-state index in [-0.39, 0.29) is 12.7 Å². The summed E-state index contributed by atoms with van der Waals surface area (Å²) in [5, 5.41) is 0. The van der Waals surface area contributed by atoms with E-state index in [1.54, 1.807) is 7.11 Å². The summed E-state index contributed by atoms with van der Waals surface area (Å²) in [5.41, 5.74) is 0. The Bertz CT molecular complexity index is 425. The molecule has 0 N–H and O–H groups in total. The Balaban J connectivity index is 3.32. The average molecular weight is 525 g/mol. The number of ether oxygens (including phenoxy) is 1. The van der Waals surface area contributed by atoms with Crippen LogP contribution in [-0.4, -0.2) is 64.6 Å². The monoisotopic (exact) mass is 526 g/mol. The molecule has 8 heteroatoms. The number of unbranched alkanes of at least 4 members (excludes halogenated alkanes) is 3. The summed E-state index contributed by atoms with van der Waals surface area (Å²) in [6.45, 7) is 7.00. The van der Waals surface area contributed by atoms with Gasteiger partial charge in [-0.25, -0.2) is 0 Å². The van der Waals surface area contributed by atoms with Gasteiger partial charge in [0.15, 0.2) is 0 Å². The molecule has 0 amide bonds. The Morgan fingerprint density at radius 1 is 0.828 bits per heavy atom. The zero-order valence-electron chi connectivity index (χ0n) is 19.2. The molecule has 1 aliphatic heterocycles. The fourth-order valence-electron chi connectivity index (χ4n) is 4.16. The molecule has 0 radical (unpaired) electrons. The van der Waals surface area contributed by atoms with Crippen LogP contribution in [0, 0.1) is 0 Å². The van der Waals surface area contributed by atoms with Gasteiger partial charge in [0, 0.05) is 0 Å². The van der Waals surface area contributed by atoms with E-state index in [9.17, 15) is 0 Å². The molecule has 0 saturated heterocycles. The van der Waals surface area contributed by atoms with Gasteiger partial charge >= 0.3 is 181 Å². The van der Waals surface area contributed by atoms with Crippen molar-refractivity contribution in [1.82, 2.24) is 0 Å². The summed E-state index contributed by atoms with van der Waals surface area (Å²) in [4.78, 5) is 31.6. The third-order valence-corrected chi connectivity index (χ3v) is 21.6. The van der Waals surface area contributed by atoms with Gasteiger partial charge in [-0.2, -0.15) is 0 Å². The fourth-order valence-corrected chi connectivity index (χ4v) is 20.8. The van der Waals surface area contributed by atoms with E-state index in [1.807, 2.05) is 6.26 Å². The second-order valence-electron chi connectivity index (χ2n) is 7.70. The van der Waals surface area contributed by atoms with E-state index in [1.165, 1.54) is 69.6 Å². The third-order valence-electron chi connectivity index (χ3n) is 5.74. The molecule has 172 valence electrons. The van der Waals surface area contributed by atoms with Crippen molar-refractivity contribution in [2.75, 3.05) is 27.9 Å². The second-order valence-corrected chi connectivity index (χ2v) is 20.9. The molecule has 1 aliphatic rings. The van der Waals surface area contributed by atoms with Gasteiger partial charge in [0.1, 0.15) is 0 Å². The van der Waals surface area contributed by atoms with Crippen molar-refractivity contribution < 1.29 is 34.1 Å². The molecule has 0 aromatic heterocycles. The van der Waals surface area contributed by atoms with Gasteiger partial charge in [-0.3, -0.25) is 0 Å². The van der Waals surface area contributed by atoms with Crippen molar-refractivity contribution >= 4 is 18.4 Å². The predicted octanol–water partition coefficient (Wildman–Crippen LogP) is 5.13. The maximum absolute atomic E-state index is 6.13. The molecule has 0 aromatic carbocycles. The van der Waals surface area contributed by atoms with Crippen LogP contribution >= 0.6 is 0 Å². The van der Waals surface area contributed by atoms with E-state index < -0.39 is 30.6 Å². The summed E-state index contributed by atoms with van der Waals surface area (Å²) in [7, 11) is 4.51. The quantitative estimate of drug-likeness (QED) is 0.148. The molecule has 0 saturated carbocycles. The number of hydrogen-bond donors (Lipinski definition) is 0. The van der Waals surface area contributed by atoms with Crippen LogP contribution in [0.15, 0.2) is 9.85 Å². The van der Waals surface area contributed by atoms with Crippen LogP contribution in [0.3, 0.4) is 0 Å². The molecule has 0 aliphatic carbocycles. The van der Waals surface area contributed by atoms with Crippen LogP contribution < -0.4 is 0 Å². The molecule has 29 heavy (non-hydrogen) atoms. The third kappa shape index (κ3) is 8.27. The van der Waals surface area contributed by atoms with E-state index >= 15 is 0 Å². The Morgan fingerprint density at radius 3 is 1.83 bits per heavy atom. The van der Waals surface area contributed by atoms with Crippen LogP contribution in [0.5, 0.6) is 0 Å². The van der Waals surface area contributed by atoms with Crippen molar-refractivity contribution in [1.29, 1.82) is 0 Å². The van der Waals surface area contributed by atoms with Gasteiger partial charge in [-0.1, -0.05) is 0 Å². The van der Waals surface area contributed by atoms with Gasteiger partial charge < -0.3 is 0 Å². The van der Waals surface area contributed by atoms with Crippen LogP contribution in [0.25, 0.3) is 0 Å². The molecule has 0 unspecified atom stereocenters. The predicted molar refractivity (Wildman–Crippen MR) is 115 cm³/mol. The topological polar surface area (TPSA) is 64.6 Å². The zero-order chi connectivity index (χ0) is 21.5. The molecule has 1 heterocycles. The van der Waals surface area contributed by atoms with Crippen LogP contribution in [0.4, 0.5) is 0 Å². The molecule has 0 fully saturated rings. The molecular formula is C21H42O7Sn. The van der Waals surface area contributed by atoms with Gasteiger partial charge in [0.2, 0.25) is 0 Å². The van der Waals surface area contributed by atoms with Gasteiger partial charge in [-0.15, -0.1) is 0 Å². The minimum absolute atomic E-state index is 0.208. The van der Waals surface area contributed by atoms with Crippen LogP contribution in [0.1, 0.15) is 59.3 Å². The van der Waals surface area contributed by atoms with E-state index in [0.29, 0.717) is 0 Å². The molecule has 0 aromatic rings. The van der Waals surface area contributed by atoms with E-state index in [2.05, 4.69) is 20.8 Å². The Labute approximate surface area is 181 Å². The van der Waals surface area contributed by atoms with Crippen LogP contribution in [0.2, 0.25) is 13.3 Å². The normalized spacial score (nSPS) is 22.4. The summed E-state index contributed by atoms with van der Waals surface area (Å²) in [5.74, 6) is 0. The molecular weight excluding hydrogens is 483 g/mol. The first-order valence-corrected chi connectivity index (χ1v) is 18.5. The summed E-state index contributed by atoms with van der Waals surface area (Å²) in [6.07, 6.45) is 8.00. The number of hydrogen-bond acceptors (Lipinski definition) is 7. The zero-order valence-corrected chi connectivity index (χ0v) is 22.1. The summed E-state index contributed by atoms with van der Waals surface area (Å²) in [6, 6.07) is 0. The first-order chi connectivity index (χ1) is 14.1. The minimum atomic E-state index is -2.81. The average Bonchev–Trinajstić information content (AvgIpc) is 2.74. The first kappa shape index (κ1) is 27.1. The Morgan fingerprint density at radius 2 is 1.38 bits per heavy atom. The van der Waals surface area contributed by atoms with Gasteiger partial charge in [-0.05, 0) is 0 Å². The summed E-state index contributed by atoms with van der Waals surface area (Å²) >= 11 is -2.81. The molecule has 0 spiro atoms. The van der Waals surface area contributed by atoms with E-state index in [0.717, 1.165) is 0 Å². The van der Waals surface area contributed by atoms with Crippen molar-refractivity contribution in [3.8, 4) is 0 Å². The Hall–Kier alpha value is 0.0987. The molecule has 1 rings (SSSR count). The van der Waals surface area contributed by atoms with Crippen molar-refractivity contribution in [2.45, 2.75) is 90.9 Å². The fraction of sp³-hybridized carbons (Fsp3) is 0.905. The molecule has 3 atom stereocenters. The molecule has 7 nitrogen and oxygen atoms in total. The SMILES string of the molecule is CCC[CH2][Sn]([CH2]CCC)([CH2]CCC)[C]1=CO[C@H](COOC)[C@@H](OOC)[C@@H]1OOC. The first-order valence-electron chi connectivity index (χ1n) is 11.0. The maximum atomic E-state index is 6.13. The van der Waals surface area contributed by atoms with Crippen LogP contribution in [-0.2, 0) is 34.1 Å². The standard InChI is InChI=1S/C9H15O7.3C4H9.Sn/c1-10-14-6-8-9(16-12-3)7(15-11-2)4-5-13-8;3*1-3-4-2;/h5,7-9H,6H2,1-3H3;3*1,3-4H2,2H3;/t7-,8-,9+;;;;/m1..../s1. The summed E-state index contributed by atoms with van der Waals surface area (Å²) < 4.78 is 11.3. The Kier molecular flexibility index (Phi) is 14.8. The number of rotatable bonds is 17. The molecule has 0 bridgehead atoms. The van der Waals surface area contributed by atoms with Gasteiger partial charge in [0.25, 0.3) is 0 Å². The van der Waals surface area contributed by atoms with Crippen molar-refractivity contribution in [3.63, 3.8) is 0 Å². The van der Waals surface area contributed by atoms with Crippen molar-refractivity contribution in [3.05, 3.63) is 9.85 Å². The van der Waals surface area contributed by atoms with E-state index in [4.69, 9.17) is 34.1 Å².